The molecule has 82 valence electrons. The molecule has 0 spiro atoms. The van der Waals surface area contributed by atoms with Crippen molar-refractivity contribution in [1.82, 2.24) is 0 Å². The van der Waals surface area contributed by atoms with Crippen molar-refractivity contribution in [2.24, 2.45) is 0 Å². The minimum atomic E-state index is -4.61. The average molecular weight is 328 g/mol. The molecule has 1 rings (SSSR count). The average Bonchev–Trinajstić information content (AvgIpc) is 2.16. The summed E-state index contributed by atoms with van der Waals surface area (Å²) in [5.41, 5.74) is 0.630. The number of aliphatic hydroxyl groups is 1. The molecule has 0 aliphatic rings. The smallest absolute Gasteiger partial charge is 0.379 e. The maximum atomic E-state index is 12.1. The fourth-order valence-electron chi connectivity index (χ4n) is 0.944. The van der Waals surface area contributed by atoms with Crippen molar-refractivity contribution >= 4 is 28.7 Å². The number of alkyl halides is 3. The van der Waals surface area contributed by atoms with Crippen LogP contribution in [-0.2, 0) is 0 Å². The highest BCUT2D eigenvalue weighted by Gasteiger charge is 2.39. The van der Waals surface area contributed by atoms with Gasteiger partial charge >= 0.3 is 6.18 Å². The summed E-state index contributed by atoms with van der Waals surface area (Å²) in [6.07, 6.45) is -5.71. The first-order chi connectivity index (χ1) is 6.91. The van der Waals surface area contributed by atoms with Gasteiger partial charge in [-0.1, -0.05) is 30.3 Å². The SMILES string of the molecule is OC(/C(I)=C/c1ccccc1)C(F)(F)F. The van der Waals surface area contributed by atoms with Crippen molar-refractivity contribution in [1.29, 1.82) is 0 Å². The zero-order valence-corrected chi connectivity index (χ0v) is 9.66. The van der Waals surface area contributed by atoms with E-state index in [9.17, 15) is 13.2 Å². The Bertz CT molecular complexity index is 345. The molecule has 5 heteroatoms. The maximum Gasteiger partial charge on any atom is 0.419 e. The first-order valence-electron chi connectivity index (χ1n) is 4.08. The van der Waals surface area contributed by atoms with E-state index in [-0.39, 0.29) is 3.58 Å². The van der Waals surface area contributed by atoms with Crippen LogP contribution in [0.25, 0.3) is 6.08 Å². The zero-order chi connectivity index (χ0) is 11.5. The van der Waals surface area contributed by atoms with E-state index in [0.29, 0.717) is 5.56 Å². The second kappa shape index (κ2) is 4.98. The zero-order valence-electron chi connectivity index (χ0n) is 7.50. The molecule has 15 heavy (non-hydrogen) atoms. The minimum Gasteiger partial charge on any atom is -0.379 e. The summed E-state index contributed by atoms with van der Waals surface area (Å²) in [6, 6.07) is 8.54. The Morgan fingerprint density at radius 3 is 2.27 bits per heavy atom. The van der Waals surface area contributed by atoms with Crippen LogP contribution < -0.4 is 0 Å². The van der Waals surface area contributed by atoms with Crippen LogP contribution >= 0.6 is 22.6 Å². The van der Waals surface area contributed by atoms with E-state index in [1.165, 1.54) is 28.7 Å². The van der Waals surface area contributed by atoms with Gasteiger partial charge in [-0.2, -0.15) is 13.2 Å². The van der Waals surface area contributed by atoms with Gasteiger partial charge in [-0.25, -0.2) is 0 Å². The van der Waals surface area contributed by atoms with Gasteiger partial charge in [0.15, 0.2) is 6.10 Å². The molecule has 1 aromatic rings. The van der Waals surface area contributed by atoms with Crippen molar-refractivity contribution in [3.05, 3.63) is 39.5 Å². The third-order valence-corrected chi connectivity index (χ3v) is 2.58. The highest BCUT2D eigenvalue weighted by atomic mass is 127. The van der Waals surface area contributed by atoms with Crippen LogP contribution in [0.15, 0.2) is 33.9 Å². The largest absolute Gasteiger partial charge is 0.419 e. The van der Waals surface area contributed by atoms with Crippen LogP contribution in [0.5, 0.6) is 0 Å². The molecule has 1 aromatic carbocycles. The molecule has 0 saturated heterocycles. The topological polar surface area (TPSA) is 20.2 Å². The lowest BCUT2D eigenvalue weighted by molar-refractivity contribution is -0.188. The maximum absolute atomic E-state index is 12.1. The number of hydrogen-bond acceptors (Lipinski definition) is 1. The summed E-state index contributed by atoms with van der Waals surface area (Å²) in [5.74, 6) is 0. The fraction of sp³-hybridized carbons (Fsp3) is 0.200. The van der Waals surface area contributed by atoms with Crippen LogP contribution in [0.3, 0.4) is 0 Å². The molecule has 1 nitrogen and oxygen atoms in total. The first-order valence-corrected chi connectivity index (χ1v) is 5.16. The quantitative estimate of drug-likeness (QED) is 0.825. The first kappa shape index (κ1) is 12.5. The third-order valence-electron chi connectivity index (χ3n) is 1.68. The number of aliphatic hydroxyl groups excluding tert-OH is 1. The molecule has 0 amide bonds. The van der Waals surface area contributed by atoms with Crippen LogP contribution in [-0.4, -0.2) is 17.4 Å². The van der Waals surface area contributed by atoms with Crippen LogP contribution in [0.4, 0.5) is 13.2 Å². The van der Waals surface area contributed by atoms with Crippen molar-refractivity contribution in [2.75, 3.05) is 0 Å². The van der Waals surface area contributed by atoms with E-state index in [4.69, 9.17) is 5.11 Å². The normalized spacial score (nSPS) is 15.1. The Balaban J connectivity index is 2.86. The number of rotatable bonds is 2. The van der Waals surface area contributed by atoms with Gasteiger partial charge in [-0.05, 0) is 34.2 Å². The molecular weight excluding hydrogens is 320 g/mol. The van der Waals surface area contributed by atoms with Gasteiger partial charge in [-0.15, -0.1) is 0 Å². The van der Waals surface area contributed by atoms with Crippen molar-refractivity contribution in [3.63, 3.8) is 0 Å². The lowest BCUT2D eigenvalue weighted by Gasteiger charge is -2.13. The lowest BCUT2D eigenvalue weighted by Crippen LogP contribution is -2.28. The Kier molecular flexibility index (Phi) is 4.15. The van der Waals surface area contributed by atoms with Crippen LogP contribution in [0.2, 0.25) is 0 Å². The molecule has 0 heterocycles. The Morgan fingerprint density at radius 2 is 1.80 bits per heavy atom. The van der Waals surface area contributed by atoms with E-state index < -0.39 is 12.3 Å². The molecule has 0 aliphatic heterocycles. The minimum absolute atomic E-state index is 0.147. The summed E-state index contributed by atoms with van der Waals surface area (Å²) in [5, 5.41) is 8.91. The summed E-state index contributed by atoms with van der Waals surface area (Å²) in [7, 11) is 0. The Morgan fingerprint density at radius 1 is 1.27 bits per heavy atom. The van der Waals surface area contributed by atoms with Gasteiger partial charge in [0.25, 0.3) is 0 Å². The van der Waals surface area contributed by atoms with Crippen molar-refractivity contribution < 1.29 is 18.3 Å². The van der Waals surface area contributed by atoms with E-state index in [2.05, 4.69) is 0 Å². The standard InChI is InChI=1S/C10H8F3IO/c11-10(12,13)9(15)8(14)6-7-4-2-1-3-5-7/h1-6,9,15H/b8-6-. The molecule has 1 unspecified atom stereocenters. The summed E-state index contributed by atoms with van der Waals surface area (Å²) >= 11 is 1.49. The van der Waals surface area contributed by atoms with Gasteiger partial charge < -0.3 is 5.11 Å². The fourth-order valence-corrected chi connectivity index (χ4v) is 1.66. The van der Waals surface area contributed by atoms with Crippen molar-refractivity contribution in [2.45, 2.75) is 12.3 Å². The van der Waals surface area contributed by atoms with Gasteiger partial charge in [0.05, 0.1) is 0 Å². The highest BCUT2D eigenvalue weighted by Crippen LogP contribution is 2.29. The summed E-state index contributed by atoms with van der Waals surface area (Å²) in [4.78, 5) is 0. The molecule has 0 saturated carbocycles. The molecule has 0 bridgehead atoms. The number of benzene rings is 1. The van der Waals surface area contributed by atoms with E-state index >= 15 is 0 Å². The van der Waals surface area contributed by atoms with Gasteiger partial charge in [0, 0.05) is 3.58 Å². The molecular formula is C10H8F3IO. The Labute approximate surface area is 98.8 Å². The molecule has 0 radical (unpaired) electrons. The molecule has 1 atom stereocenters. The van der Waals surface area contributed by atoms with Crippen molar-refractivity contribution in [3.8, 4) is 0 Å². The molecule has 0 aromatic heterocycles. The number of hydrogen-bond donors (Lipinski definition) is 1. The molecule has 0 aliphatic carbocycles. The number of halogens is 4. The van der Waals surface area contributed by atoms with Gasteiger partial charge in [0.1, 0.15) is 0 Å². The van der Waals surface area contributed by atoms with Gasteiger partial charge in [-0.3, -0.25) is 0 Å². The molecule has 1 N–H and O–H groups in total. The Hall–Kier alpha value is -0.560. The lowest BCUT2D eigenvalue weighted by atomic mass is 10.2. The predicted octanol–water partition coefficient (Wildman–Crippen LogP) is 3.39. The van der Waals surface area contributed by atoms with E-state index in [1.807, 2.05) is 0 Å². The van der Waals surface area contributed by atoms with Crippen LogP contribution in [0.1, 0.15) is 5.56 Å². The monoisotopic (exact) mass is 328 g/mol. The predicted molar refractivity (Wildman–Crippen MR) is 60.5 cm³/mol. The van der Waals surface area contributed by atoms with Crippen LogP contribution in [0, 0.1) is 0 Å². The van der Waals surface area contributed by atoms with E-state index in [1.54, 1.807) is 30.3 Å². The second-order valence-electron chi connectivity index (χ2n) is 2.88. The third kappa shape index (κ3) is 3.83. The second-order valence-corrected chi connectivity index (χ2v) is 4.13. The van der Waals surface area contributed by atoms with Gasteiger partial charge in [0.2, 0.25) is 0 Å². The summed E-state index contributed by atoms with van der Waals surface area (Å²) in [6.45, 7) is 0. The summed E-state index contributed by atoms with van der Waals surface area (Å²) < 4.78 is 36.2. The molecule has 0 fully saturated rings. The highest BCUT2D eigenvalue weighted by molar-refractivity contribution is 14.1. The van der Waals surface area contributed by atoms with E-state index in [0.717, 1.165) is 0 Å².